The molecule has 1 saturated carbocycles. The number of nitrogens with zero attached hydrogens (tertiary/aromatic N) is 4. The molecule has 2 aliphatic rings. The molecule has 2 heterocycles. The van der Waals surface area contributed by atoms with Crippen molar-refractivity contribution in [3.63, 3.8) is 0 Å². The van der Waals surface area contributed by atoms with Crippen LogP contribution in [0.2, 0.25) is 0 Å². The molecule has 1 atom stereocenters. The van der Waals surface area contributed by atoms with Crippen LogP contribution in [0.4, 0.5) is 14.5 Å². The smallest absolute Gasteiger partial charge is 0.274 e. The van der Waals surface area contributed by atoms with Gasteiger partial charge in [0.2, 0.25) is 5.69 Å². The van der Waals surface area contributed by atoms with Crippen molar-refractivity contribution in [3.8, 4) is 22.8 Å². The summed E-state index contributed by atoms with van der Waals surface area (Å²) in [5.74, 6) is -0.988. The quantitative estimate of drug-likeness (QED) is 0.535. The zero-order valence-electron chi connectivity index (χ0n) is 19.3. The Bertz CT molecular complexity index is 1340. The van der Waals surface area contributed by atoms with E-state index < -0.39 is 11.6 Å². The van der Waals surface area contributed by atoms with E-state index in [0.717, 1.165) is 25.7 Å². The number of benzene rings is 2. The molecule has 1 saturated heterocycles. The van der Waals surface area contributed by atoms with Crippen molar-refractivity contribution in [1.29, 1.82) is 0 Å². The van der Waals surface area contributed by atoms with E-state index in [2.05, 4.69) is 4.85 Å². The number of piperidine rings is 1. The third kappa shape index (κ3) is 4.26. The Morgan fingerprint density at radius 2 is 1.97 bits per heavy atom. The third-order valence-electron chi connectivity index (χ3n) is 6.54. The molecule has 35 heavy (non-hydrogen) atoms. The van der Waals surface area contributed by atoms with Gasteiger partial charge in [0, 0.05) is 36.7 Å². The fraction of sp³-hybridized carbons (Fsp3) is 0.346. The highest BCUT2D eigenvalue weighted by atomic mass is 19.1. The summed E-state index contributed by atoms with van der Waals surface area (Å²) < 4.78 is 36.1. The predicted octanol–water partition coefficient (Wildman–Crippen LogP) is 4.82. The van der Waals surface area contributed by atoms with E-state index in [0.29, 0.717) is 35.9 Å². The number of carbonyl (C=O) groups excluding carboxylic acids is 1. The molecule has 0 unspecified atom stereocenters. The lowest BCUT2D eigenvalue weighted by molar-refractivity contribution is 0.0702. The predicted molar refractivity (Wildman–Crippen MR) is 127 cm³/mol. The molecule has 3 aromatic rings. The van der Waals surface area contributed by atoms with Gasteiger partial charge in [-0.1, -0.05) is 12.1 Å². The minimum atomic E-state index is -0.684. The average molecular weight is 478 g/mol. The maximum atomic E-state index is 14.7. The maximum absolute atomic E-state index is 14.7. The molecule has 2 fully saturated rings. The van der Waals surface area contributed by atoms with Crippen molar-refractivity contribution in [2.75, 3.05) is 20.2 Å². The number of rotatable bonds is 5. The van der Waals surface area contributed by atoms with E-state index in [-0.39, 0.29) is 35.0 Å². The van der Waals surface area contributed by atoms with Gasteiger partial charge in [0.25, 0.3) is 5.91 Å². The Labute approximate surface area is 201 Å². The lowest BCUT2D eigenvalue weighted by Crippen LogP contribution is -2.46. The molecule has 0 bridgehead atoms. The summed E-state index contributed by atoms with van der Waals surface area (Å²) in [4.78, 5) is 23.3. The zero-order chi connectivity index (χ0) is 24.7. The first-order valence-corrected chi connectivity index (χ1v) is 11.6. The number of amides is 1. The van der Waals surface area contributed by atoms with Crippen LogP contribution in [0.5, 0.6) is 5.75 Å². The van der Waals surface area contributed by atoms with Gasteiger partial charge in [-0.15, -0.1) is 0 Å². The second-order valence-electron chi connectivity index (χ2n) is 9.03. The van der Waals surface area contributed by atoms with Crippen molar-refractivity contribution >= 4 is 11.6 Å². The molecule has 180 valence electrons. The molecule has 2 N–H and O–H groups in total. The highest BCUT2D eigenvalue weighted by Gasteiger charge is 2.37. The first-order valence-electron chi connectivity index (χ1n) is 11.6. The van der Waals surface area contributed by atoms with Crippen LogP contribution in [-0.2, 0) is 0 Å². The van der Waals surface area contributed by atoms with E-state index in [9.17, 15) is 13.6 Å². The van der Waals surface area contributed by atoms with Crippen LogP contribution in [0.15, 0.2) is 36.4 Å². The number of methoxy groups -OCH3 is 1. The summed E-state index contributed by atoms with van der Waals surface area (Å²) in [6.07, 6.45) is 3.41. The highest BCUT2D eigenvalue weighted by Crippen LogP contribution is 2.45. The van der Waals surface area contributed by atoms with Crippen molar-refractivity contribution in [2.24, 2.45) is 5.73 Å². The van der Waals surface area contributed by atoms with Gasteiger partial charge in [-0.05, 0) is 43.9 Å². The van der Waals surface area contributed by atoms with Crippen molar-refractivity contribution in [1.82, 2.24) is 14.5 Å². The number of likely N-dealkylation sites (tertiary alicyclic amines) is 1. The Balaban J connectivity index is 1.71. The van der Waals surface area contributed by atoms with Gasteiger partial charge in [0.05, 0.1) is 25.1 Å². The SMILES string of the molecule is [C-]#[N+]c1ccc(-c2nc(C(=O)N3CCC[C@@H](N)C3)c(C3CC3)n2-c2ccc(OC)c(F)c2)cc1F. The van der Waals surface area contributed by atoms with E-state index in [1.165, 1.54) is 31.4 Å². The summed E-state index contributed by atoms with van der Waals surface area (Å²) >= 11 is 0. The summed E-state index contributed by atoms with van der Waals surface area (Å²) in [6, 6.07) is 8.64. The number of ether oxygens (including phenoxy) is 1. The number of halogens is 2. The number of imidazole rings is 1. The lowest BCUT2D eigenvalue weighted by atomic mass is 10.1. The monoisotopic (exact) mass is 477 g/mol. The van der Waals surface area contributed by atoms with Gasteiger partial charge >= 0.3 is 0 Å². The van der Waals surface area contributed by atoms with Crippen molar-refractivity contribution in [2.45, 2.75) is 37.6 Å². The number of hydrogen-bond acceptors (Lipinski definition) is 4. The molecule has 2 aromatic carbocycles. The number of nitrogens with two attached hydrogens (primary N) is 1. The van der Waals surface area contributed by atoms with Crippen LogP contribution in [-0.4, -0.2) is 46.6 Å². The fourth-order valence-electron chi connectivity index (χ4n) is 4.65. The standard InChI is InChI=1S/C26H25F2N5O2/c1-30-21-9-7-16(12-19(21)27)25-31-23(26(34)32-11-3-4-17(29)14-32)24(15-5-6-15)33(25)18-8-10-22(35-2)20(28)13-18/h7-10,12-13,15,17H,3-6,11,14,29H2,2H3/t17-/m1/s1. The molecule has 9 heteroatoms. The number of carbonyl (C=O) groups is 1. The fourth-order valence-corrected chi connectivity index (χ4v) is 4.65. The van der Waals surface area contributed by atoms with Gasteiger partial charge in [0.15, 0.2) is 17.3 Å². The highest BCUT2D eigenvalue weighted by molar-refractivity contribution is 5.95. The molecule has 1 aliphatic heterocycles. The average Bonchev–Trinajstić information content (AvgIpc) is 3.62. The molecule has 7 nitrogen and oxygen atoms in total. The molecule has 1 amide bonds. The third-order valence-corrected chi connectivity index (χ3v) is 6.54. The molecule has 1 aromatic heterocycles. The Morgan fingerprint density at radius 1 is 1.17 bits per heavy atom. The summed E-state index contributed by atoms with van der Waals surface area (Å²) in [5.41, 5.74) is 7.82. The van der Waals surface area contributed by atoms with Crippen molar-refractivity contribution in [3.05, 3.63) is 70.8 Å². The maximum Gasteiger partial charge on any atom is 0.274 e. The molecular weight excluding hydrogens is 452 g/mol. The molecule has 0 radical (unpaired) electrons. The van der Waals surface area contributed by atoms with E-state index in [1.807, 2.05) is 0 Å². The number of aromatic nitrogens is 2. The van der Waals surface area contributed by atoms with Crippen LogP contribution in [0.3, 0.4) is 0 Å². The van der Waals surface area contributed by atoms with E-state index >= 15 is 0 Å². The molecule has 1 aliphatic carbocycles. The first-order chi connectivity index (χ1) is 16.9. The van der Waals surface area contributed by atoms with Gasteiger partial charge < -0.3 is 15.4 Å². The number of hydrogen-bond donors (Lipinski definition) is 1. The minimum absolute atomic E-state index is 0.0752. The van der Waals surface area contributed by atoms with Gasteiger partial charge in [-0.25, -0.2) is 18.6 Å². The van der Waals surface area contributed by atoms with Crippen LogP contribution in [0.25, 0.3) is 21.9 Å². The van der Waals surface area contributed by atoms with Gasteiger partial charge in [0.1, 0.15) is 11.6 Å². The largest absolute Gasteiger partial charge is 0.494 e. The second-order valence-corrected chi connectivity index (χ2v) is 9.03. The summed E-state index contributed by atoms with van der Waals surface area (Å²) in [6.45, 7) is 8.17. The minimum Gasteiger partial charge on any atom is -0.494 e. The summed E-state index contributed by atoms with van der Waals surface area (Å²) in [5, 5.41) is 0. The summed E-state index contributed by atoms with van der Waals surface area (Å²) in [7, 11) is 1.39. The second kappa shape index (κ2) is 9.12. The molecule has 5 rings (SSSR count). The normalized spacial score (nSPS) is 17.8. The lowest BCUT2D eigenvalue weighted by Gasteiger charge is -2.30. The van der Waals surface area contributed by atoms with Crippen LogP contribution in [0, 0.1) is 18.2 Å². The zero-order valence-corrected chi connectivity index (χ0v) is 19.3. The molecular formula is C26H25F2N5O2. The van der Waals surface area contributed by atoms with Crippen LogP contribution < -0.4 is 10.5 Å². The Morgan fingerprint density at radius 3 is 2.60 bits per heavy atom. The topological polar surface area (TPSA) is 77.7 Å². The molecule has 0 spiro atoms. The Hall–Kier alpha value is -3.77. The van der Waals surface area contributed by atoms with Gasteiger partial charge in [-0.2, -0.15) is 0 Å². The van der Waals surface area contributed by atoms with E-state index in [1.54, 1.807) is 21.6 Å². The first kappa shape index (κ1) is 23.0. The van der Waals surface area contributed by atoms with Gasteiger partial charge in [-0.3, -0.25) is 9.36 Å². The van der Waals surface area contributed by atoms with Crippen LogP contribution >= 0.6 is 0 Å². The van der Waals surface area contributed by atoms with Crippen LogP contribution in [0.1, 0.15) is 47.8 Å². The van der Waals surface area contributed by atoms with Crippen molar-refractivity contribution < 1.29 is 18.3 Å². The Kier molecular flexibility index (Phi) is 5.99. The van der Waals surface area contributed by atoms with E-state index in [4.69, 9.17) is 22.0 Å².